The van der Waals surface area contributed by atoms with Crippen molar-refractivity contribution in [2.75, 3.05) is 5.32 Å². The minimum atomic E-state index is -0.377. The molecule has 1 amide bonds. The van der Waals surface area contributed by atoms with Crippen molar-refractivity contribution in [3.8, 4) is 11.5 Å². The smallest absolute Gasteiger partial charge is 0.261 e. The first-order chi connectivity index (χ1) is 18.0. The van der Waals surface area contributed by atoms with Crippen LogP contribution in [0.25, 0.3) is 11.0 Å². The number of para-hydroxylation sites is 1. The van der Waals surface area contributed by atoms with Crippen molar-refractivity contribution in [2.24, 2.45) is 4.99 Å². The third-order valence-electron chi connectivity index (χ3n) is 5.79. The number of pyridine rings is 1. The summed E-state index contributed by atoms with van der Waals surface area (Å²) in [6.07, 6.45) is 1.58. The van der Waals surface area contributed by atoms with Gasteiger partial charge in [-0.05, 0) is 74.0 Å². The van der Waals surface area contributed by atoms with Crippen molar-refractivity contribution in [1.82, 2.24) is 4.98 Å². The maximum atomic E-state index is 13.4. The average molecular weight is 492 g/mol. The number of fused-ring (bicyclic) bond motifs is 1. The van der Waals surface area contributed by atoms with Crippen LogP contribution < -0.4 is 15.6 Å². The first-order valence-corrected chi connectivity index (χ1v) is 11.8. The Labute approximate surface area is 213 Å². The van der Waals surface area contributed by atoms with Crippen molar-refractivity contribution in [2.45, 2.75) is 20.5 Å². The molecule has 37 heavy (non-hydrogen) atoms. The van der Waals surface area contributed by atoms with Crippen LogP contribution in [0, 0.1) is 13.8 Å². The molecule has 184 valence electrons. The van der Waals surface area contributed by atoms with Gasteiger partial charge in [0.05, 0.1) is 18.0 Å². The summed E-state index contributed by atoms with van der Waals surface area (Å²) >= 11 is 0. The van der Waals surface area contributed by atoms with E-state index in [1.54, 1.807) is 43.5 Å². The summed E-state index contributed by atoms with van der Waals surface area (Å²) < 4.78 is 12.0. The fourth-order valence-corrected chi connectivity index (χ4v) is 3.91. The zero-order valence-corrected chi connectivity index (χ0v) is 20.4. The molecule has 2 aromatic heterocycles. The Kier molecular flexibility index (Phi) is 6.78. The number of anilines is 1. The monoisotopic (exact) mass is 491 g/mol. The number of ether oxygens (including phenoxy) is 1. The van der Waals surface area contributed by atoms with Gasteiger partial charge in [-0.1, -0.05) is 30.3 Å². The number of aryl methyl sites for hydroxylation is 2. The highest BCUT2D eigenvalue weighted by molar-refractivity contribution is 6.05. The van der Waals surface area contributed by atoms with Gasteiger partial charge >= 0.3 is 0 Å². The number of aromatic nitrogens is 1. The maximum absolute atomic E-state index is 13.4. The average Bonchev–Trinajstić information content (AvgIpc) is 2.90. The van der Waals surface area contributed by atoms with E-state index in [1.807, 2.05) is 61.5 Å². The highest BCUT2D eigenvalue weighted by Gasteiger charge is 2.16. The molecule has 2 heterocycles. The molecule has 0 aliphatic carbocycles. The molecular formula is C30H25N3O4. The van der Waals surface area contributed by atoms with Crippen LogP contribution in [-0.2, 0) is 6.61 Å². The predicted octanol–water partition coefficient (Wildman–Crippen LogP) is 6.21. The van der Waals surface area contributed by atoms with Gasteiger partial charge in [-0.15, -0.1) is 0 Å². The van der Waals surface area contributed by atoms with E-state index in [1.165, 1.54) is 0 Å². The summed E-state index contributed by atoms with van der Waals surface area (Å²) in [6.45, 7) is 3.52. The number of hydrogen-bond acceptors (Lipinski definition) is 6. The number of amides is 1. The van der Waals surface area contributed by atoms with Gasteiger partial charge in [-0.3, -0.25) is 9.78 Å². The van der Waals surface area contributed by atoms with Gasteiger partial charge in [0, 0.05) is 22.8 Å². The molecule has 3 aromatic carbocycles. The predicted molar refractivity (Wildman–Crippen MR) is 142 cm³/mol. The first-order valence-electron chi connectivity index (χ1n) is 11.8. The minimum Gasteiger partial charge on any atom is -0.457 e. The number of aliphatic hydroxyl groups excluding tert-OH is 1. The molecule has 0 aliphatic heterocycles. The van der Waals surface area contributed by atoms with E-state index < -0.39 is 0 Å². The zero-order chi connectivity index (χ0) is 25.8. The Morgan fingerprint density at radius 3 is 2.46 bits per heavy atom. The van der Waals surface area contributed by atoms with Crippen LogP contribution in [-0.4, -0.2) is 16.0 Å². The molecule has 5 rings (SSSR count). The van der Waals surface area contributed by atoms with Crippen molar-refractivity contribution >= 4 is 28.3 Å². The number of carbonyl (C=O) groups is 1. The van der Waals surface area contributed by atoms with Crippen molar-refractivity contribution < 1.29 is 19.1 Å². The topological polar surface area (TPSA) is 97.0 Å². The van der Waals surface area contributed by atoms with E-state index in [9.17, 15) is 9.90 Å². The Morgan fingerprint density at radius 2 is 1.73 bits per heavy atom. The SMILES string of the molecule is Cc1cccc(NC(=O)c2cc3c(CO)cnc(C)c3oc2=Nc2ccc(Oc3ccccc3)cc2)c1. The Balaban J connectivity index is 1.58. The number of nitrogens with zero attached hydrogens (tertiary/aromatic N) is 2. The lowest BCUT2D eigenvalue weighted by Gasteiger charge is -2.10. The third kappa shape index (κ3) is 5.42. The second-order valence-corrected chi connectivity index (χ2v) is 8.58. The van der Waals surface area contributed by atoms with E-state index in [0.717, 1.165) is 11.3 Å². The van der Waals surface area contributed by atoms with E-state index in [0.29, 0.717) is 39.4 Å². The molecule has 0 saturated heterocycles. The molecule has 2 N–H and O–H groups in total. The fourth-order valence-electron chi connectivity index (χ4n) is 3.91. The number of carbonyl (C=O) groups excluding carboxylic acids is 1. The second-order valence-electron chi connectivity index (χ2n) is 8.58. The van der Waals surface area contributed by atoms with Gasteiger partial charge in [-0.2, -0.15) is 0 Å². The summed E-state index contributed by atoms with van der Waals surface area (Å²) in [7, 11) is 0. The molecule has 7 heteroatoms. The lowest BCUT2D eigenvalue weighted by molar-refractivity contribution is 0.102. The van der Waals surface area contributed by atoms with Gasteiger partial charge in [0.1, 0.15) is 17.1 Å². The van der Waals surface area contributed by atoms with Gasteiger partial charge in [0.15, 0.2) is 5.58 Å². The Morgan fingerprint density at radius 1 is 0.973 bits per heavy atom. The normalized spacial score (nSPS) is 11.5. The van der Waals surface area contributed by atoms with Crippen molar-refractivity contribution in [1.29, 1.82) is 0 Å². The molecular weight excluding hydrogens is 466 g/mol. The molecule has 0 radical (unpaired) electrons. The number of rotatable bonds is 6. The van der Waals surface area contributed by atoms with Crippen LogP contribution in [0.5, 0.6) is 11.5 Å². The third-order valence-corrected chi connectivity index (χ3v) is 5.79. The minimum absolute atomic E-state index is 0.134. The molecule has 0 spiro atoms. The molecule has 7 nitrogen and oxygen atoms in total. The molecule has 0 saturated carbocycles. The molecule has 5 aromatic rings. The van der Waals surface area contributed by atoms with Crippen LogP contribution in [0.2, 0.25) is 0 Å². The second kappa shape index (κ2) is 10.5. The molecule has 0 unspecified atom stereocenters. The number of nitrogens with one attached hydrogen (secondary N) is 1. The van der Waals surface area contributed by atoms with E-state index in [2.05, 4.69) is 15.3 Å². The molecule has 0 atom stereocenters. The Hall–Kier alpha value is -4.75. The fraction of sp³-hybridized carbons (Fsp3) is 0.100. The van der Waals surface area contributed by atoms with E-state index >= 15 is 0 Å². The largest absolute Gasteiger partial charge is 0.457 e. The quantitative estimate of drug-likeness (QED) is 0.294. The van der Waals surface area contributed by atoms with Crippen LogP contribution in [0.3, 0.4) is 0 Å². The lowest BCUT2D eigenvalue weighted by atomic mass is 10.1. The first kappa shape index (κ1) is 24.0. The highest BCUT2D eigenvalue weighted by Crippen LogP contribution is 2.25. The van der Waals surface area contributed by atoms with Gasteiger partial charge < -0.3 is 19.6 Å². The van der Waals surface area contributed by atoms with Crippen molar-refractivity contribution in [3.05, 3.63) is 119 Å². The summed E-state index contributed by atoms with van der Waals surface area (Å²) in [5.74, 6) is 1.01. The van der Waals surface area contributed by atoms with Crippen LogP contribution in [0.1, 0.15) is 27.2 Å². The summed E-state index contributed by atoms with van der Waals surface area (Å²) in [5, 5.41) is 13.4. The number of hydrogen-bond donors (Lipinski definition) is 2. The van der Waals surface area contributed by atoms with Gasteiger partial charge in [0.25, 0.3) is 5.91 Å². The number of benzene rings is 3. The highest BCUT2D eigenvalue weighted by atomic mass is 16.5. The molecule has 0 bridgehead atoms. The number of aliphatic hydroxyl groups is 1. The summed E-state index contributed by atoms with van der Waals surface area (Å²) in [5.41, 5.74) is 4.27. The Bertz CT molecular complexity index is 1640. The van der Waals surface area contributed by atoms with Gasteiger partial charge in [-0.25, -0.2) is 4.99 Å². The van der Waals surface area contributed by atoms with E-state index in [4.69, 9.17) is 9.15 Å². The van der Waals surface area contributed by atoms with Crippen molar-refractivity contribution in [3.63, 3.8) is 0 Å². The van der Waals surface area contributed by atoms with Crippen LogP contribution >= 0.6 is 0 Å². The maximum Gasteiger partial charge on any atom is 0.261 e. The summed E-state index contributed by atoms with van der Waals surface area (Å²) in [6, 6.07) is 25.9. The standard InChI is InChI=1S/C30H25N3O4/c1-19-7-6-8-23(15-19)32-29(35)27-16-26-21(18-34)17-31-20(2)28(26)37-30(27)33-22-11-13-25(14-12-22)36-24-9-4-3-5-10-24/h3-17,34H,18H2,1-2H3,(H,32,35). The van der Waals surface area contributed by atoms with Gasteiger partial charge in [0.2, 0.25) is 5.55 Å². The zero-order valence-electron chi connectivity index (χ0n) is 20.4. The molecule has 0 aliphatic rings. The van der Waals surface area contributed by atoms with Crippen LogP contribution in [0.4, 0.5) is 11.4 Å². The summed E-state index contributed by atoms with van der Waals surface area (Å²) in [4.78, 5) is 22.4. The van der Waals surface area contributed by atoms with Crippen LogP contribution in [0.15, 0.2) is 101 Å². The lowest BCUT2D eigenvalue weighted by Crippen LogP contribution is -2.22. The van der Waals surface area contributed by atoms with E-state index in [-0.39, 0.29) is 23.6 Å². The molecule has 0 fully saturated rings.